The minimum absolute atomic E-state index is 0.244. The van der Waals surface area contributed by atoms with Gasteiger partial charge in [-0.2, -0.15) is 0 Å². The van der Waals surface area contributed by atoms with E-state index in [9.17, 15) is 4.79 Å². The zero-order valence-electron chi connectivity index (χ0n) is 19.3. The van der Waals surface area contributed by atoms with Crippen molar-refractivity contribution >= 4 is 17.9 Å². The van der Waals surface area contributed by atoms with E-state index in [0.29, 0.717) is 29.9 Å². The number of esters is 1. The average molecular weight is 442 g/mol. The molecule has 1 aliphatic rings. The van der Waals surface area contributed by atoms with Crippen molar-refractivity contribution in [2.75, 3.05) is 7.11 Å². The maximum atomic E-state index is 12.4. The van der Waals surface area contributed by atoms with E-state index >= 15 is 0 Å². The molecule has 0 amide bonds. The highest BCUT2D eigenvalue weighted by molar-refractivity contribution is 6.12. The average Bonchev–Trinajstić information content (AvgIpc) is 3.18. The maximum absolute atomic E-state index is 12.4. The van der Waals surface area contributed by atoms with E-state index in [4.69, 9.17) is 14.2 Å². The molecular weight excluding hydrogens is 414 g/mol. The molecule has 3 aromatic carbocycles. The quantitative estimate of drug-likeness (QED) is 0.331. The molecule has 0 saturated carbocycles. The molecule has 168 valence electrons. The largest absolute Gasteiger partial charge is 0.493 e. The summed E-state index contributed by atoms with van der Waals surface area (Å²) < 4.78 is 16.9. The first kappa shape index (κ1) is 22.3. The number of methoxy groups -OCH3 is 1. The first-order valence-electron chi connectivity index (χ1n) is 10.9. The van der Waals surface area contributed by atoms with E-state index in [1.165, 1.54) is 11.1 Å². The van der Waals surface area contributed by atoms with Gasteiger partial charge in [0.1, 0.15) is 6.61 Å². The second-order valence-corrected chi connectivity index (χ2v) is 8.30. The summed E-state index contributed by atoms with van der Waals surface area (Å²) in [6.07, 6.45) is 1.69. The van der Waals surface area contributed by atoms with E-state index in [0.717, 1.165) is 16.7 Å². The zero-order valence-corrected chi connectivity index (χ0v) is 19.3. The summed E-state index contributed by atoms with van der Waals surface area (Å²) in [5.41, 5.74) is 5.27. The molecule has 0 bridgehead atoms. The molecule has 1 heterocycles. The van der Waals surface area contributed by atoms with Gasteiger partial charge < -0.3 is 14.2 Å². The Morgan fingerprint density at radius 2 is 1.79 bits per heavy atom. The molecule has 0 spiro atoms. The minimum Gasteiger partial charge on any atom is -0.493 e. The number of carbonyl (C=O) groups excluding carboxylic acids is 1. The lowest BCUT2D eigenvalue weighted by molar-refractivity contribution is -0.129. The predicted molar refractivity (Wildman–Crippen MR) is 130 cm³/mol. The zero-order chi connectivity index (χ0) is 23.4. The normalized spacial score (nSPS) is 14.4. The Hall–Kier alpha value is -3.86. The molecule has 5 heteroatoms. The van der Waals surface area contributed by atoms with Crippen molar-refractivity contribution in [3.05, 3.63) is 100 Å². The first-order valence-corrected chi connectivity index (χ1v) is 10.9. The predicted octanol–water partition coefficient (Wildman–Crippen LogP) is 6.05. The SMILES string of the molecule is COc1cc(/C=C2\N=C(c3ccc(C(C)C)cc3)OC2=O)ccc1OCc1cccc(C)c1. The summed E-state index contributed by atoms with van der Waals surface area (Å²) >= 11 is 0. The van der Waals surface area contributed by atoms with Gasteiger partial charge in [0.2, 0.25) is 5.90 Å². The molecule has 0 atom stereocenters. The highest BCUT2D eigenvalue weighted by atomic mass is 16.6. The third-order valence-corrected chi connectivity index (χ3v) is 5.41. The van der Waals surface area contributed by atoms with Gasteiger partial charge >= 0.3 is 5.97 Å². The van der Waals surface area contributed by atoms with Crippen molar-refractivity contribution in [1.82, 2.24) is 0 Å². The van der Waals surface area contributed by atoms with Crippen LogP contribution in [0.25, 0.3) is 6.08 Å². The van der Waals surface area contributed by atoms with Crippen molar-refractivity contribution in [2.24, 2.45) is 4.99 Å². The van der Waals surface area contributed by atoms with Gasteiger partial charge in [0.05, 0.1) is 7.11 Å². The van der Waals surface area contributed by atoms with Gasteiger partial charge in [-0.05, 0) is 59.9 Å². The number of carbonyl (C=O) groups is 1. The molecule has 0 radical (unpaired) electrons. The van der Waals surface area contributed by atoms with Crippen molar-refractivity contribution in [1.29, 1.82) is 0 Å². The smallest absolute Gasteiger partial charge is 0.363 e. The Kier molecular flexibility index (Phi) is 6.59. The second-order valence-electron chi connectivity index (χ2n) is 8.30. The number of hydrogen-bond acceptors (Lipinski definition) is 5. The van der Waals surface area contributed by atoms with Crippen molar-refractivity contribution < 1.29 is 19.0 Å². The first-order chi connectivity index (χ1) is 15.9. The van der Waals surface area contributed by atoms with Crippen LogP contribution in [0.3, 0.4) is 0 Å². The van der Waals surface area contributed by atoms with Crippen LogP contribution in [0.2, 0.25) is 0 Å². The Bertz CT molecular complexity index is 1220. The fraction of sp³-hybridized carbons (Fsp3) is 0.214. The molecule has 33 heavy (non-hydrogen) atoms. The summed E-state index contributed by atoms with van der Waals surface area (Å²) in [6.45, 7) is 6.76. The van der Waals surface area contributed by atoms with Crippen LogP contribution in [0, 0.1) is 6.92 Å². The summed E-state index contributed by atoms with van der Waals surface area (Å²) in [5.74, 6) is 1.48. The Balaban J connectivity index is 1.52. The fourth-order valence-electron chi connectivity index (χ4n) is 3.56. The number of hydrogen-bond donors (Lipinski definition) is 0. The fourth-order valence-corrected chi connectivity index (χ4v) is 3.56. The lowest BCUT2D eigenvalue weighted by Crippen LogP contribution is -2.05. The number of aliphatic imine (C=N–C) groups is 1. The Morgan fingerprint density at radius 3 is 2.48 bits per heavy atom. The summed E-state index contributed by atoms with van der Waals surface area (Å²) in [6, 6.07) is 21.6. The Morgan fingerprint density at radius 1 is 1.00 bits per heavy atom. The molecule has 4 rings (SSSR count). The van der Waals surface area contributed by atoms with Crippen LogP contribution in [0.4, 0.5) is 0 Å². The lowest BCUT2D eigenvalue weighted by Gasteiger charge is -2.12. The number of benzene rings is 3. The minimum atomic E-state index is -0.475. The van der Waals surface area contributed by atoms with Crippen LogP contribution in [0.15, 0.2) is 77.4 Å². The third kappa shape index (κ3) is 5.32. The van der Waals surface area contributed by atoms with E-state index in [2.05, 4.69) is 37.9 Å². The van der Waals surface area contributed by atoms with Crippen LogP contribution in [-0.4, -0.2) is 19.0 Å². The molecule has 0 saturated heterocycles. The summed E-state index contributed by atoms with van der Waals surface area (Å²) in [5, 5.41) is 0. The molecule has 0 unspecified atom stereocenters. The summed E-state index contributed by atoms with van der Waals surface area (Å²) in [7, 11) is 1.59. The second kappa shape index (κ2) is 9.74. The number of aryl methyl sites for hydroxylation is 1. The van der Waals surface area contributed by atoms with E-state index in [-0.39, 0.29) is 5.70 Å². The molecule has 0 fully saturated rings. The van der Waals surface area contributed by atoms with Crippen molar-refractivity contribution in [3.63, 3.8) is 0 Å². The van der Waals surface area contributed by atoms with E-state index in [1.54, 1.807) is 13.2 Å². The number of ether oxygens (including phenoxy) is 3. The standard InChI is InChI=1S/C28H27NO4/c1-18(2)22-9-11-23(12-10-22)27-29-24(28(30)33-27)15-20-8-13-25(26(16-20)31-4)32-17-21-7-5-6-19(3)14-21/h5-16,18H,17H2,1-4H3/b24-15-. The van der Waals surface area contributed by atoms with Crippen LogP contribution in [0.5, 0.6) is 11.5 Å². The molecule has 5 nitrogen and oxygen atoms in total. The van der Waals surface area contributed by atoms with Gasteiger partial charge in [0, 0.05) is 5.56 Å². The lowest BCUT2D eigenvalue weighted by atomic mass is 10.0. The summed E-state index contributed by atoms with van der Waals surface area (Å²) in [4.78, 5) is 16.8. The molecular formula is C28H27NO4. The molecule has 0 aromatic heterocycles. The van der Waals surface area contributed by atoms with E-state index in [1.807, 2.05) is 54.6 Å². The molecule has 1 aliphatic heterocycles. The van der Waals surface area contributed by atoms with Crippen LogP contribution in [-0.2, 0) is 16.1 Å². The number of cyclic esters (lactones) is 1. The van der Waals surface area contributed by atoms with Crippen LogP contribution < -0.4 is 9.47 Å². The molecule has 0 aliphatic carbocycles. The van der Waals surface area contributed by atoms with Crippen LogP contribution >= 0.6 is 0 Å². The van der Waals surface area contributed by atoms with Crippen LogP contribution in [0.1, 0.15) is 47.6 Å². The third-order valence-electron chi connectivity index (χ3n) is 5.41. The number of nitrogens with zero attached hydrogens (tertiary/aromatic N) is 1. The van der Waals surface area contributed by atoms with Crippen molar-refractivity contribution in [3.8, 4) is 11.5 Å². The van der Waals surface area contributed by atoms with Crippen molar-refractivity contribution in [2.45, 2.75) is 33.3 Å². The van der Waals surface area contributed by atoms with E-state index < -0.39 is 5.97 Å². The van der Waals surface area contributed by atoms with Gasteiger partial charge in [-0.1, -0.05) is 61.9 Å². The van der Waals surface area contributed by atoms with Gasteiger partial charge in [-0.15, -0.1) is 0 Å². The van der Waals surface area contributed by atoms with Gasteiger partial charge in [-0.25, -0.2) is 9.79 Å². The van der Waals surface area contributed by atoms with Gasteiger partial charge in [0.25, 0.3) is 0 Å². The molecule has 0 N–H and O–H groups in total. The number of rotatable bonds is 7. The monoisotopic (exact) mass is 441 g/mol. The topological polar surface area (TPSA) is 57.1 Å². The van der Waals surface area contributed by atoms with Gasteiger partial charge in [0.15, 0.2) is 17.2 Å². The highest BCUT2D eigenvalue weighted by Crippen LogP contribution is 2.30. The Labute approximate surface area is 194 Å². The highest BCUT2D eigenvalue weighted by Gasteiger charge is 2.24. The van der Waals surface area contributed by atoms with Gasteiger partial charge in [-0.3, -0.25) is 0 Å². The maximum Gasteiger partial charge on any atom is 0.363 e. The molecule has 3 aromatic rings.